The van der Waals surface area contributed by atoms with Crippen molar-refractivity contribution in [2.45, 2.75) is 13.8 Å². The second kappa shape index (κ2) is 5.92. The van der Waals surface area contributed by atoms with Crippen molar-refractivity contribution in [1.29, 1.82) is 0 Å². The highest BCUT2D eigenvalue weighted by Gasteiger charge is 2.25. The van der Waals surface area contributed by atoms with Gasteiger partial charge in [0, 0.05) is 38.3 Å². The van der Waals surface area contributed by atoms with Crippen LogP contribution in [0.5, 0.6) is 0 Å². The van der Waals surface area contributed by atoms with Crippen molar-refractivity contribution in [3.8, 4) is 0 Å². The lowest BCUT2D eigenvalue weighted by Gasteiger charge is -2.34. The number of aromatic nitrogens is 2. The predicted octanol–water partition coefficient (Wildman–Crippen LogP) is 0.298. The van der Waals surface area contributed by atoms with Crippen LogP contribution < -0.4 is 10.2 Å². The van der Waals surface area contributed by atoms with Crippen molar-refractivity contribution in [3.05, 3.63) is 11.9 Å². The summed E-state index contributed by atoms with van der Waals surface area (Å²) in [4.78, 5) is 10.7. The Balaban J connectivity index is 2.13. The van der Waals surface area contributed by atoms with Gasteiger partial charge < -0.3 is 10.2 Å². The van der Waals surface area contributed by atoms with Gasteiger partial charge in [0.25, 0.3) is 0 Å². The molecule has 0 unspecified atom stereocenters. The van der Waals surface area contributed by atoms with Gasteiger partial charge in [0.05, 0.1) is 6.26 Å². The summed E-state index contributed by atoms with van der Waals surface area (Å²) < 4.78 is 24.5. The summed E-state index contributed by atoms with van der Waals surface area (Å²) in [7, 11) is -3.10. The van der Waals surface area contributed by atoms with E-state index in [1.165, 1.54) is 10.6 Å². The summed E-state index contributed by atoms with van der Waals surface area (Å²) in [5.41, 5.74) is 1.00. The zero-order valence-electron chi connectivity index (χ0n) is 12.1. The molecule has 8 heteroatoms. The Hall–Kier alpha value is -1.41. The highest BCUT2D eigenvalue weighted by molar-refractivity contribution is 7.88. The van der Waals surface area contributed by atoms with E-state index in [0.29, 0.717) is 26.2 Å². The van der Waals surface area contributed by atoms with Crippen molar-refractivity contribution in [3.63, 3.8) is 0 Å². The van der Waals surface area contributed by atoms with Crippen LogP contribution in [-0.2, 0) is 10.0 Å². The average Bonchev–Trinajstić information content (AvgIpc) is 2.41. The zero-order chi connectivity index (χ0) is 14.8. The smallest absolute Gasteiger partial charge is 0.211 e. The van der Waals surface area contributed by atoms with Gasteiger partial charge in [-0.15, -0.1) is 0 Å². The fourth-order valence-corrected chi connectivity index (χ4v) is 3.16. The molecule has 0 aromatic carbocycles. The maximum Gasteiger partial charge on any atom is 0.211 e. The normalized spacial score (nSPS) is 17.2. The number of nitrogens with one attached hydrogen (secondary N) is 1. The van der Waals surface area contributed by atoms with Crippen LogP contribution >= 0.6 is 0 Å². The Labute approximate surface area is 120 Å². The highest BCUT2D eigenvalue weighted by Crippen LogP contribution is 2.23. The lowest BCUT2D eigenvalue weighted by atomic mass is 10.2. The number of rotatable bonds is 4. The maximum absolute atomic E-state index is 11.5. The van der Waals surface area contributed by atoms with E-state index in [0.717, 1.165) is 23.7 Å². The Morgan fingerprint density at radius 3 is 2.45 bits per heavy atom. The molecule has 112 valence electrons. The summed E-state index contributed by atoms with van der Waals surface area (Å²) in [6, 6.07) is 0. The van der Waals surface area contributed by atoms with Crippen LogP contribution in [0.2, 0.25) is 0 Å². The Morgan fingerprint density at radius 2 is 1.90 bits per heavy atom. The van der Waals surface area contributed by atoms with E-state index in [2.05, 4.69) is 20.2 Å². The third-order valence-electron chi connectivity index (χ3n) is 3.41. The molecule has 1 aliphatic rings. The van der Waals surface area contributed by atoms with Crippen molar-refractivity contribution in [2.24, 2.45) is 0 Å². The fraction of sp³-hybridized carbons (Fsp3) is 0.667. The van der Waals surface area contributed by atoms with Gasteiger partial charge in [-0.3, -0.25) is 0 Å². The standard InChI is InChI=1S/C12H21N5O2S/c1-4-13-11-10(2)12(15-9-14-11)16-5-7-17(8-6-16)20(3,18)19/h9H,4-8H2,1-3H3,(H,13,14,15). The molecule has 1 aromatic heterocycles. The van der Waals surface area contributed by atoms with E-state index in [1.54, 1.807) is 6.33 Å². The molecule has 1 aromatic rings. The molecular formula is C12H21N5O2S. The van der Waals surface area contributed by atoms with E-state index in [-0.39, 0.29) is 0 Å². The molecule has 1 saturated heterocycles. The van der Waals surface area contributed by atoms with E-state index in [9.17, 15) is 8.42 Å². The summed E-state index contributed by atoms with van der Waals surface area (Å²) >= 11 is 0. The molecule has 0 spiro atoms. The number of sulfonamides is 1. The molecule has 7 nitrogen and oxygen atoms in total. The quantitative estimate of drug-likeness (QED) is 0.861. The van der Waals surface area contributed by atoms with Gasteiger partial charge in [-0.1, -0.05) is 0 Å². The molecule has 0 atom stereocenters. The molecule has 20 heavy (non-hydrogen) atoms. The minimum atomic E-state index is -3.10. The van der Waals surface area contributed by atoms with Crippen LogP contribution in [0.1, 0.15) is 12.5 Å². The first-order valence-corrected chi connectivity index (χ1v) is 8.54. The van der Waals surface area contributed by atoms with E-state index in [4.69, 9.17) is 0 Å². The van der Waals surface area contributed by atoms with Crippen LogP contribution in [0.25, 0.3) is 0 Å². The molecule has 1 N–H and O–H groups in total. The molecule has 0 bridgehead atoms. The van der Waals surface area contributed by atoms with Crippen molar-refractivity contribution >= 4 is 21.7 Å². The average molecular weight is 299 g/mol. The van der Waals surface area contributed by atoms with Gasteiger partial charge in [0.15, 0.2) is 0 Å². The minimum Gasteiger partial charge on any atom is -0.370 e. The van der Waals surface area contributed by atoms with Gasteiger partial charge >= 0.3 is 0 Å². The molecule has 1 aliphatic heterocycles. The largest absolute Gasteiger partial charge is 0.370 e. The van der Waals surface area contributed by atoms with Crippen LogP contribution in [-0.4, -0.2) is 61.7 Å². The van der Waals surface area contributed by atoms with E-state index in [1.807, 2.05) is 13.8 Å². The minimum absolute atomic E-state index is 0.499. The van der Waals surface area contributed by atoms with Gasteiger partial charge in [-0.2, -0.15) is 4.31 Å². The summed E-state index contributed by atoms with van der Waals surface area (Å²) in [6.07, 6.45) is 2.80. The second-order valence-electron chi connectivity index (χ2n) is 4.85. The zero-order valence-corrected chi connectivity index (χ0v) is 12.9. The summed E-state index contributed by atoms with van der Waals surface area (Å²) in [5, 5.41) is 3.20. The van der Waals surface area contributed by atoms with E-state index >= 15 is 0 Å². The number of hydrogen-bond donors (Lipinski definition) is 1. The molecule has 0 amide bonds. The Kier molecular flexibility index (Phi) is 4.44. The van der Waals surface area contributed by atoms with Crippen LogP contribution in [0, 0.1) is 6.92 Å². The van der Waals surface area contributed by atoms with E-state index < -0.39 is 10.0 Å². The summed E-state index contributed by atoms with van der Waals surface area (Å²) in [5.74, 6) is 1.71. The molecule has 0 radical (unpaired) electrons. The first-order valence-electron chi connectivity index (χ1n) is 6.69. The van der Waals surface area contributed by atoms with Gasteiger partial charge in [-0.05, 0) is 13.8 Å². The van der Waals surface area contributed by atoms with Gasteiger partial charge in [0.1, 0.15) is 18.0 Å². The topological polar surface area (TPSA) is 78.4 Å². The van der Waals surface area contributed by atoms with Crippen LogP contribution in [0.4, 0.5) is 11.6 Å². The summed E-state index contributed by atoms with van der Waals surface area (Å²) in [6.45, 7) is 7.10. The number of hydrogen-bond acceptors (Lipinski definition) is 6. The maximum atomic E-state index is 11.5. The Bertz CT molecular complexity index is 567. The van der Waals surface area contributed by atoms with Crippen LogP contribution in [0.15, 0.2) is 6.33 Å². The lowest BCUT2D eigenvalue weighted by Crippen LogP contribution is -2.48. The number of anilines is 2. The van der Waals surface area contributed by atoms with Crippen molar-refractivity contribution in [2.75, 3.05) is 49.2 Å². The molecule has 1 fully saturated rings. The van der Waals surface area contributed by atoms with Crippen LogP contribution in [0.3, 0.4) is 0 Å². The third-order valence-corrected chi connectivity index (χ3v) is 4.71. The third kappa shape index (κ3) is 3.18. The van der Waals surface area contributed by atoms with Crippen molar-refractivity contribution in [1.82, 2.24) is 14.3 Å². The predicted molar refractivity (Wildman–Crippen MR) is 79.6 cm³/mol. The first-order chi connectivity index (χ1) is 9.43. The molecule has 0 aliphatic carbocycles. The van der Waals surface area contributed by atoms with Gasteiger partial charge in [0.2, 0.25) is 10.0 Å². The molecule has 0 saturated carbocycles. The lowest BCUT2D eigenvalue weighted by molar-refractivity contribution is 0.386. The molecular weight excluding hydrogens is 278 g/mol. The second-order valence-corrected chi connectivity index (χ2v) is 6.83. The molecule has 2 heterocycles. The number of nitrogens with zero attached hydrogens (tertiary/aromatic N) is 4. The monoisotopic (exact) mass is 299 g/mol. The van der Waals surface area contributed by atoms with Gasteiger partial charge in [-0.25, -0.2) is 18.4 Å². The Morgan fingerprint density at radius 1 is 1.25 bits per heavy atom. The number of piperazine rings is 1. The highest BCUT2D eigenvalue weighted by atomic mass is 32.2. The fourth-order valence-electron chi connectivity index (χ4n) is 2.34. The SMILES string of the molecule is CCNc1ncnc(N2CCN(S(C)(=O)=O)CC2)c1C. The molecule has 2 rings (SSSR count). The van der Waals surface area contributed by atoms with Crippen molar-refractivity contribution < 1.29 is 8.42 Å². The first kappa shape index (κ1) is 15.0.